The first-order valence-electron chi connectivity index (χ1n) is 6.64. The van der Waals surface area contributed by atoms with Crippen LogP contribution in [0.25, 0.3) is 0 Å². The van der Waals surface area contributed by atoms with Crippen LogP contribution in [0.15, 0.2) is 34.7 Å². The van der Waals surface area contributed by atoms with E-state index in [1.54, 1.807) is 7.11 Å². The third-order valence-corrected chi connectivity index (χ3v) is 5.41. The van der Waals surface area contributed by atoms with Crippen LogP contribution in [0.1, 0.15) is 12.0 Å². The highest BCUT2D eigenvalue weighted by Gasteiger charge is 2.28. The zero-order valence-electron chi connectivity index (χ0n) is 11.9. The number of nitrogens with zero attached hydrogens (tertiary/aromatic N) is 1. The molecule has 0 saturated heterocycles. The minimum absolute atomic E-state index is 0.0476. The fourth-order valence-corrected chi connectivity index (χ4v) is 3.93. The maximum atomic E-state index is 13.4. The van der Waals surface area contributed by atoms with Crippen LogP contribution in [0.4, 0.5) is 4.39 Å². The Morgan fingerprint density at radius 1 is 1.43 bits per heavy atom. The van der Waals surface area contributed by atoms with Gasteiger partial charge in [0.2, 0.25) is 10.0 Å². The molecule has 0 bridgehead atoms. The van der Waals surface area contributed by atoms with Gasteiger partial charge in [0.25, 0.3) is 0 Å². The average Bonchev–Trinajstić information content (AvgIpc) is 2.48. The number of benzene rings is 1. The average molecular weight is 314 g/mol. The van der Waals surface area contributed by atoms with Crippen LogP contribution in [0.3, 0.4) is 0 Å². The molecule has 0 saturated carbocycles. The zero-order chi connectivity index (χ0) is 15.5. The van der Waals surface area contributed by atoms with E-state index in [1.807, 2.05) is 6.08 Å². The molecule has 2 N–H and O–H groups in total. The first-order chi connectivity index (χ1) is 9.98. The Morgan fingerprint density at radius 2 is 2.19 bits per heavy atom. The third kappa shape index (κ3) is 3.49. The van der Waals surface area contributed by atoms with Gasteiger partial charge in [-0.25, -0.2) is 12.8 Å². The summed E-state index contributed by atoms with van der Waals surface area (Å²) in [6.45, 7) is 1.18. The maximum Gasteiger partial charge on any atom is 0.243 e. The zero-order valence-corrected chi connectivity index (χ0v) is 12.7. The number of ether oxygens (including phenoxy) is 1. The lowest BCUT2D eigenvalue weighted by molar-refractivity contribution is 0.219. The number of methoxy groups -OCH3 is 1. The molecule has 116 valence electrons. The largest absolute Gasteiger partial charge is 0.380 e. The summed E-state index contributed by atoms with van der Waals surface area (Å²) in [7, 11) is -2.14. The molecular weight excluding hydrogens is 295 g/mol. The van der Waals surface area contributed by atoms with Crippen molar-refractivity contribution in [3.63, 3.8) is 0 Å². The number of halogens is 1. The van der Waals surface area contributed by atoms with Gasteiger partial charge in [-0.15, -0.1) is 0 Å². The van der Waals surface area contributed by atoms with Crippen molar-refractivity contribution in [1.82, 2.24) is 4.31 Å². The molecule has 0 spiro atoms. The van der Waals surface area contributed by atoms with E-state index in [1.165, 1.54) is 16.4 Å². The topological polar surface area (TPSA) is 72.6 Å². The highest BCUT2D eigenvalue weighted by Crippen LogP contribution is 2.24. The summed E-state index contributed by atoms with van der Waals surface area (Å²) in [5, 5.41) is 0. The smallest absolute Gasteiger partial charge is 0.243 e. The molecule has 1 aromatic rings. The molecule has 21 heavy (non-hydrogen) atoms. The van der Waals surface area contributed by atoms with E-state index in [0.29, 0.717) is 25.1 Å². The molecule has 1 aliphatic heterocycles. The number of sulfonamides is 1. The molecule has 0 fully saturated rings. The molecule has 0 atom stereocenters. The number of nitrogens with two attached hydrogens (primary N) is 1. The molecule has 5 nitrogen and oxygen atoms in total. The lowest BCUT2D eigenvalue weighted by Crippen LogP contribution is -2.36. The van der Waals surface area contributed by atoms with Gasteiger partial charge in [0.1, 0.15) is 5.82 Å². The quantitative estimate of drug-likeness (QED) is 0.830. The SMILES string of the molecule is COCC1=CCN(S(=O)(=O)c2cc(F)ccc2CN)CC1. The highest BCUT2D eigenvalue weighted by molar-refractivity contribution is 7.89. The Kier molecular flexibility index (Phi) is 5.10. The first kappa shape index (κ1) is 16.1. The molecule has 1 heterocycles. The van der Waals surface area contributed by atoms with Crippen LogP contribution >= 0.6 is 0 Å². The van der Waals surface area contributed by atoms with Crippen LogP contribution in [0.2, 0.25) is 0 Å². The van der Waals surface area contributed by atoms with Crippen molar-refractivity contribution in [3.8, 4) is 0 Å². The molecule has 0 radical (unpaired) electrons. The van der Waals surface area contributed by atoms with Gasteiger partial charge in [-0.05, 0) is 29.7 Å². The van der Waals surface area contributed by atoms with Gasteiger partial charge in [0.15, 0.2) is 0 Å². The van der Waals surface area contributed by atoms with Crippen LogP contribution in [-0.4, -0.2) is 39.5 Å². The normalized spacial score (nSPS) is 16.8. The molecule has 0 unspecified atom stereocenters. The lowest BCUT2D eigenvalue weighted by atomic mass is 10.1. The summed E-state index contributed by atoms with van der Waals surface area (Å²) in [5.41, 5.74) is 7.05. The Balaban J connectivity index is 2.29. The lowest BCUT2D eigenvalue weighted by Gasteiger charge is -2.26. The highest BCUT2D eigenvalue weighted by atomic mass is 32.2. The molecule has 0 aromatic heterocycles. The van der Waals surface area contributed by atoms with Gasteiger partial charge in [0, 0.05) is 26.7 Å². The summed E-state index contributed by atoms with van der Waals surface area (Å²) < 4.78 is 45.0. The minimum atomic E-state index is -3.74. The van der Waals surface area contributed by atoms with E-state index in [9.17, 15) is 12.8 Å². The third-order valence-electron chi connectivity index (χ3n) is 3.46. The molecular formula is C14H19FN2O3S. The molecule has 0 amide bonds. The molecule has 2 rings (SSSR count). The summed E-state index contributed by atoms with van der Waals surface area (Å²) in [6.07, 6.45) is 2.45. The Bertz CT molecular complexity index is 644. The van der Waals surface area contributed by atoms with Gasteiger partial charge in [0.05, 0.1) is 11.5 Å². The van der Waals surface area contributed by atoms with Crippen molar-refractivity contribution < 1.29 is 17.5 Å². The van der Waals surface area contributed by atoms with E-state index in [0.717, 1.165) is 11.6 Å². The molecule has 0 aliphatic carbocycles. The first-order valence-corrected chi connectivity index (χ1v) is 8.08. The van der Waals surface area contributed by atoms with Crippen molar-refractivity contribution in [3.05, 3.63) is 41.2 Å². The van der Waals surface area contributed by atoms with E-state index >= 15 is 0 Å². The standard InChI is InChI=1S/C14H19FN2O3S/c1-20-10-11-4-6-17(7-5-11)21(18,19)14-8-13(15)3-2-12(14)9-16/h2-4,8H,5-7,9-10,16H2,1H3. The van der Waals surface area contributed by atoms with Crippen LogP contribution < -0.4 is 5.73 Å². The Hall–Kier alpha value is -1.28. The van der Waals surface area contributed by atoms with Gasteiger partial charge in [-0.2, -0.15) is 4.31 Å². The number of rotatable bonds is 5. The van der Waals surface area contributed by atoms with Gasteiger partial charge in [-0.1, -0.05) is 12.1 Å². The van der Waals surface area contributed by atoms with Gasteiger partial charge >= 0.3 is 0 Å². The second-order valence-electron chi connectivity index (χ2n) is 4.86. The van der Waals surface area contributed by atoms with Crippen molar-refractivity contribution in [2.45, 2.75) is 17.9 Å². The molecule has 7 heteroatoms. The monoisotopic (exact) mass is 314 g/mol. The fraction of sp³-hybridized carbons (Fsp3) is 0.429. The molecule has 1 aliphatic rings. The van der Waals surface area contributed by atoms with Crippen molar-refractivity contribution in [2.24, 2.45) is 5.73 Å². The predicted octanol–water partition coefficient (Wildman–Crippen LogP) is 1.25. The second-order valence-corrected chi connectivity index (χ2v) is 6.77. The minimum Gasteiger partial charge on any atom is -0.380 e. The van der Waals surface area contributed by atoms with Crippen LogP contribution in [0.5, 0.6) is 0 Å². The van der Waals surface area contributed by atoms with E-state index in [-0.39, 0.29) is 18.0 Å². The predicted molar refractivity (Wildman–Crippen MR) is 77.6 cm³/mol. The second kappa shape index (κ2) is 6.65. The molecule has 1 aromatic carbocycles. The van der Waals surface area contributed by atoms with Crippen molar-refractivity contribution >= 4 is 10.0 Å². The summed E-state index contributed by atoms with van der Waals surface area (Å²) in [5.74, 6) is -0.585. The summed E-state index contributed by atoms with van der Waals surface area (Å²) >= 11 is 0. The van der Waals surface area contributed by atoms with Crippen molar-refractivity contribution in [1.29, 1.82) is 0 Å². The van der Waals surface area contributed by atoms with Gasteiger partial charge in [-0.3, -0.25) is 0 Å². The maximum absolute atomic E-state index is 13.4. The van der Waals surface area contributed by atoms with Crippen molar-refractivity contribution in [2.75, 3.05) is 26.8 Å². The summed E-state index contributed by atoms with van der Waals surface area (Å²) in [6, 6.07) is 3.66. The van der Waals surface area contributed by atoms with E-state index in [4.69, 9.17) is 10.5 Å². The number of hydrogen-bond donors (Lipinski definition) is 1. The Labute approximate surface area is 124 Å². The van der Waals surface area contributed by atoms with E-state index < -0.39 is 15.8 Å². The Morgan fingerprint density at radius 3 is 2.76 bits per heavy atom. The van der Waals surface area contributed by atoms with Crippen LogP contribution in [-0.2, 0) is 21.3 Å². The number of hydrogen-bond acceptors (Lipinski definition) is 4. The fourth-order valence-electron chi connectivity index (χ4n) is 2.30. The van der Waals surface area contributed by atoms with Gasteiger partial charge < -0.3 is 10.5 Å². The van der Waals surface area contributed by atoms with Crippen LogP contribution in [0, 0.1) is 5.82 Å². The summed E-state index contributed by atoms with van der Waals surface area (Å²) in [4.78, 5) is -0.0476. The van der Waals surface area contributed by atoms with E-state index in [2.05, 4.69) is 0 Å².